The first-order chi connectivity index (χ1) is 9.76. The van der Waals surface area contributed by atoms with Crippen LogP contribution in [0, 0.1) is 11.8 Å². The summed E-state index contributed by atoms with van der Waals surface area (Å²) in [6.07, 6.45) is 1.81. The quantitative estimate of drug-likeness (QED) is 0.758. The Kier molecular flexibility index (Phi) is 7.46. The van der Waals surface area contributed by atoms with Crippen molar-refractivity contribution >= 4 is 6.09 Å². The second-order valence-corrected chi connectivity index (χ2v) is 7.35. The Morgan fingerprint density at radius 1 is 1.38 bits per heavy atom. The van der Waals surface area contributed by atoms with E-state index in [-0.39, 0.29) is 12.1 Å². The van der Waals surface area contributed by atoms with Crippen LogP contribution in [0.5, 0.6) is 0 Å². The molecule has 1 amide bonds. The van der Waals surface area contributed by atoms with Crippen molar-refractivity contribution in [2.24, 2.45) is 11.8 Å². The van der Waals surface area contributed by atoms with Gasteiger partial charge in [0, 0.05) is 25.7 Å². The zero-order valence-electron chi connectivity index (χ0n) is 14.2. The van der Waals surface area contributed by atoms with Crippen LogP contribution < -0.4 is 10.6 Å². The number of ether oxygens (including phenoxy) is 2. The summed E-state index contributed by atoms with van der Waals surface area (Å²) in [5.74, 6) is 1.18. The average Bonchev–Trinajstić information content (AvgIpc) is 2.83. The number of nitrogens with one attached hydrogen (secondary N) is 2. The number of rotatable bonds is 7. The van der Waals surface area contributed by atoms with Crippen molar-refractivity contribution in [3.63, 3.8) is 0 Å². The molecule has 0 aromatic carbocycles. The van der Waals surface area contributed by atoms with E-state index >= 15 is 0 Å². The Morgan fingerprint density at radius 2 is 2.10 bits per heavy atom. The van der Waals surface area contributed by atoms with Crippen molar-refractivity contribution in [3.8, 4) is 0 Å². The maximum absolute atomic E-state index is 11.7. The highest BCUT2D eigenvalue weighted by Gasteiger charge is 2.20. The predicted molar refractivity (Wildman–Crippen MR) is 84.4 cm³/mol. The van der Waals surface area contributed by atoms with Crippen LogP contribution in [-0.4, -0.2) is 44.0 Å². The molecule has 0 aliphatic carbocycles. The average molecular weight is 300 g/mol. The molecular weight excluding hydrogens is 268 g/mol. The van der Waals surface area contributed by atoms with Gasteiger partial charge in [-0.15, -0.1) is 0 Å². The minimum Gasteiger partial charge on any atom is -0.444 e. The number of amides is 1. The zero-order chi connectivity index (χ0) is 15.9. The molecule has 1 aliphatic rings. The summed E-state index contributed by atoms with van der Waals surface area (Å²) in [6, 6.07) is 0.276. The molecule has 2 N–H and O–H groups in total. The maximum Gasteiger partial charge on any atom is 0.407 e. The summed E-state index contributed by atoms with van der Waals surface area (Å²) in [6.45, 7) is 13.3. The monoisotopic (exact) mass is 300 g/mol. The van der Waals surface area contributed by atoms with Gasteiger partial charge in [0.05, 0.1) is 6.61 Å². The normalized spacial score (nSPS) is 20.6. The summed E-state index contributed by atoms with van der Waals surface area (Å²) in [5.41, 5.74) is -0.452. The van der Waals surface area contributed by atoms with E-state index in [1.807, 2.05) is 20.8 Å². The van der Waals surface area contributed by atoms with E-state index < -0.39 is 5.60 Å². The summed E-state index contributed by atoms with van der Waals surface area (Å²) in [7, 11) is 0. The molecule has 5 nitrogen and oxygen atoms in total. The molecule has 2 atom stereocenters. The van der Waals surface area contributed by atoms with E-state index in [4.69, 9.17) is 9.47 Å². The van der Waals surface area contributed by atoms with Gasteiger partial charge in [0.25, 0.3) is 0 Å². The van der Waals surface area contributed by atoms with Gasteiger partial charge in [-0.05, 0) is 45.4 Å². The molecule has 0 saturated carbocycles. The van der Waals surface area contributed by atoms with Crippen LogP contribution in [0.1, 0.15) is 47.5 Å². The smallest absolute Gasteiger partial charge is 0.407 e. The van der Waals surface area contributed by atoms with Crippen molar-refractivity contribution in [1.82, 2.24) is 10.6 Å². The van der Waals surface area contributed by atoms with Gasteiger partial charge in [-0.3, -0.25) is 0 Å². The second kappa shape index (κ2) is 8.59. The van der Waals surface area contributed by atoms with Gasteiger partial charge >= 0.3 is 6.09 Å². The van der Waals surface area contributed by atoms with E-state index in [1.54, 1.807) is 0 Å². The van der Waals surface area contributed by atoms with Gasteiger partial charge in [-0.25, -0.2) is 4.79 Å². The van der Waals surface area contributed by atoms with E-state index in [0.717, 1.165) is 32.6 Å². The molecule has 21 heavy (non-hydrogen) atoms. The van der Waals surface area contributed by atoms with Crippen molar-refractivity contribution in [2.75, 3.05) is 26.3 Å². The summed E-state index contributed by atoms with van der Waals surface area (Å²) in [5, 5.41) is 6.43. The van der Waals surface area contributed by atoms with Crippen molar-refractivity contribution < 1.29 is 14.3 Å². The summed E-state index contributed by atoms with van der Waals surface area (Å²) >= 11 is 0. The Balaban J connectivity index is 2.32. The fourth-order valence-corrected chi connectivity index (χ4v) is 2.41. The van der Waals surface area contributed by atoms with Gasteiger partial charge in [-0.2, -0.15) is 0 Å². The molecular formula is C16H32N2O3. The first-order valence-electron chi connectivity index (χ1n) is 8.04. The van der Waals surface area contributed by atoms with Crippen LogP contribution in [0.3, 0.4) is 0 Å². The van der Waals surface area contributed by atoms with Crippen LogP contribution in [0.2, 0.25) is 0 Å². The second-order valence-electron chi connectivity index (χ2n) is 7.35. The Labute approximate surface area is 129 Å². The fourth-order valence-electron chi connectivity index (χ4n) is 2.41. The lowest BCUT2D eigenvalue weighted by Crippen LogP contribution is -2.44. The van der Waals surface area contributed by atoms with Crippen LogP contribution in [0.15, 0.2) is 0 Å². The molecule has 1 rings (SSSR count). The Hall–Kier alpha value is -0.810. The standard InChI is InChI=1S/C16H32N2O3/c1-12(2)8-14(17-9-13-6-7-20-11-13)10-18-15(19)21-16(3,4)5/h12-14,17H,6-11H2,1-5H3,(H,18,19). The number of alkyl carbamates (subject to hydrolysis) is 1. The summed E-state index contributed by atoms with van der Waals surface area (Å²) in [4.78, 5) is 11.7. The molecule has 0 bridgehead atoms. The van der Waals surface area contributed by atoms with Gasteiger partial charge < -0.3 is 20.1 Å². The topological polar surface area (TPSA) is 59.6 Å². The third-order valence-electron chi connectivity index (χ3n) is 3.37. The number of hydrogen-bond donors (Lipinski definition) is 2. The molecule has 0 aromatic rings. The third-order valence-corrected chi connectivity index (χ3v) is 3.37. The summed E-state index contributed by atoms with van der Waals surface area (Å²) < 4.78 is 10.7. The lowest BCUT2D eigenvalue weighted by Gasteiger charge is -2.24. The van der Waals surface area contributed by atoms with E-state index in [9.17, 15) is 4.79 Å². The van der Waals surface area contributed by atoms with Gasteiger partial charge in [0.15, 0.2) is 0 Å². The molecule has 1 fully saturated rings. The highest BCUT2D eigenvalue weighted by molar-refractivity contribution is 5.67. The minimum atomic E-state index is -0.452. The molecule has 0 spiro atoms. The fraction of sp³-hybridized carbons (Fsp3) is 0.938. The molecule has 1 saturated heterocycles. The van der Waals surface area contributed by atoms with Crippen LogP contribution in [0.4, 0.5) is 4.79 Å². The first-order valence-corrected chi connectivity index (χ1v) is 8.04. The third kappa shape index (κ3) is 8.94. The van der Waals surface area contributed by atoms with E-state index in [0.29, 0.717) is 18.4 Å². The maximum atomic E-state index is 11.7. The molecule has 1 aliphatic heterocycles. The lowest BCUT2D eigenvalue weighted by molar-refractivity contribution is 0.0520. The first kappa shape index (κ1) is 18.2. The SMILES string of the molecule is CC(C)CC(CNC(=O)OC(C)(C)C)NCC1CCOC1. The Bertz CT molecular complexity index is 307. The van der Waals surface area contributed by atoms with Crippen molar-refractivity contribution in [3.05, 3.63) is 0 Å². The zero-order valence-corrected chi connectivity index (χ0v) is 14.2. The van der Waals surface area contributed by atoms with Gasteiger partial charge in [0.1, 0.15) is 5.60 Å². The highest BCUT2D eigenvalue weighted by Crippen LogP contribution is 2.12. The van der Waals surface area contributed by atoms with Crippen LogP contribution >= 0.6 is 0 Å². The number of carbonyl (C=O) groups is 1. The number of hydrogen-bond acceptors (Lipinski definition) is 4. The molecule has 124 valence electrons. The van der Waals surface area contributed by atoms with Crippen LogP contribution in [0.25, 0.3) is 0 Å². The molecule has 5 heteroatoms. The van der Waals surface area contributed by atoms with E-state index in [1.165, 1.54) is 0 Å². The number of carbonyl (C=O) groups excluding carboxylic acids is 1. The minimum absolute atomic E-state index is 0.276. The molecule has 1 heterocycles. The van der Waals surface area contributed by atoms with Crippen molar-refractivity contribution in [2.45, 2.75) is 59.1 Å². The molecule has 0 radical (unpaired) electrons. The van der Waals surface area contributed by atoms with Crippen LogP contribution in [-0.2, 0) is 9.47 Å². The highest BCUT2D eigenvalue weighted by atomic mass is 16.6. The van der Waals surface area contributed by atoms with Crippen molar-refractivity contribution in [1.29, 1.82) is 0 Å². The van der Waals surface area contributed by atoms with Gasteiger partial charge in [0.2, 0.25) is 0 Å². The largest absolute Gasteiger partial charge is 0.444 e. The molecule has 2 unspecified atom stereocenters. The lowest BCUT2D eigenvalue weighted by atomic mass is 10.0. The van der Waals surface area contributed by atoms with Gasteiger partial charge in [-0.1, -0.05) is 13.8 Å². The van der Waals surface area contributed by atoms with E-state index in [2.05, 4.69) is 24.5 Å². The Morgan fingerprint density at radius 3 is 2.62 bits per heavy atom. The molecule has 0 aromatic heterocycles. The predicted octanol–water partition coefficient (Wildman–Crippen LogP) is 2.55.